The van der Waals surface area contributed by atoms with Crippen molar-refractivity contribution in [2.75, 3.05) is 31.0 Å². The van der Waals surface area contributed by atoms with E-state index < -0.39 is 11.8 Å². The molecule has 0 saturated carbocycles. The summed E-state index contributed by atoms with van der Waals surface area (Å²) < 4.78 is 10.6. The van der Waals surface area contributed by atoms with E-state index in [-0.39, 0.29) is 6.61 Å². The van der Waals surface area contributed by atoms with E-state index in [0.717, 1.165) is 6.21 Å². The number of oxime groups is 1. The Morgan fingerprint density at radius 1 is 1.11 bits per heavy atom. The van der Waals surface area contributed by atoms with Gasteiger partial charge in [-0.1, -0.05) is 28.9 Å². The summed E-state index contributed by atoms with van der Waals surface area (Å²) in [5.74, 6) is -0.0139. The zero-order valence-electron chi connectivity index (χ0n) is 15.4. The van der Waals surface area contributed by atoms with Crippen LogP contribution in [-0.2, 0) is 14.4 Å². The second kappa shape index (κ2) is 10.8. The number of nitrogens with one attached hydrogen (secondary N) is 2. The van der Waals surface area contributed by atoms with Crippen LogP contribution >= 0.6 is 11.6 Å². The van der Waals surface area contributed by atoms with Gasteiger partial charge >= 0.3 is 0 Å². The van der Waals surface area contributed by atoms with E-state index in [9.17, 15) is 9.59 Å². The van der Waals surface area contributed by atoms with Crippen LogP contribution in [-0.4, -0.2) is 38.4 Å². The molecule has 9 heteroatoms. The number of carbonyl (C=O) groups is 2. The van der Waals surface area contributed by atoms with E-state index in [1.54, 1.807) is 36.4 Å². The molecule has 148 valence electrons. The molecule has 0 aromatic heterocycles. The van der Waals surface area contributed by atoms with Crippen LogP contribution in [0.5, 0.6) is 11.5 Å². The van der Waals surface area contributed by atoms with E-state index in [1.165, 1.54) is 13.2 Å². The van der Waals surface area contributed by atoms with Crippen molar-refractivity contribution in [2.24, 2.45) is 5.16 Å². The predicted molar refractivity (Wildman–Crippen MR) is 107 cm³/mol. The van der Waals surface area contributed by atoms with Crippen molar-refractivity contribution in [1.29, 1.82) is 0 Å². The van der Waals surface area contributed by atoms with Crippen LogP contribution in [0.4, 0.5) is 11.4 Å². The van der Waals surface area contributed by atoms with Crippen molar-refractivity contribution in [3.05, 3.63) is 47.5 Å². The zero-order chi connectivity index (χ0) is 20.4. The number of anilines is 2. The molecule has 0 aliphatic rings. The predicted octanol–water partition coefficient (Wildman–Crippen LogP) is 3.33. The average Bonchev–Trinajstić information content (AvgIpc) is 2.67. The van der Waals surface area contributed by atoms with Crippen LogP contribution in [0.15, 0.2) is 47.6 Å². The third-order valence-electron chi connectivity index (χ3n) is 3.32. The molecular weight excluding hydrogens is 386 g/mol. The molecule has 0 aliphatic heterocycles. The molecule has 2 aromatic carbocycles. The SMILES string of the molecule is CCOc1ccccc1NC(=O)CO/N=C\C(=O)Nc1cc(Cl)ccc1OC. The fourth-order valence-electron chi connectivity index (χ4n) is 2.16. The van der Waals surface area contributed by atoms with Crippen LogP contribution in [0.2, 0.25) is 5.02 Å². The maximum Gasteiger partial charge on any atom is 0.270 e. The van der Waals surface area contributed by atoms with Crippen LogP contribution in [0.3, 0.4) is 0 Å². The average molecular weight is 406 g/mol. The van der Waals surface area contributed by atoms with Crippen LogP contribution in [0.1, 0.15) is 6.92 Å². The van der Waals surface area contributed by atoms with E-state index in [4.69, 9.17) is 25.9 Å². The first kappa shape index (κ1) is 21.0. The van der Waals surface area contributed by atoms with Gasteiger partial charge in [-0.2, -0.15) is 0 Å². The number of rotatable bonds is 9. The fourth-order valence-corrected chi connectivity index (χ4v) is 2.33. The molecule has 0 aliphatic carbocycles. The molecule has 2 rings (SSSR count). The smallest absolute Gasteiger partial charge is 0.270 e. The first-order chi connectivity index (χ1) is 13.5. The molecule has 0 radical (unpaired) electrons. The Labute approximate surface area is 167 Å². The van der Waals surface area contributed by atoms with Crippen LogP contribution < -0.4 is 20.1 Å². The highest BCUT2D eigenvalue weighted by molar-refractivity contribution is 6.33. The van der Waals surface area contributed by atoms with Gasteiger partial charge in [0.15, 0.2) is 6.61 Å². The summed E-state index contributed by atoms with van der Waals surface area (Å²) in [6.45, 7) is 1.95. The van der Waals surface area contributed by atoms with Gasteiger partial charge in [-0.25, -0.2) is 0 Å². The Bertz CT molecular complexity index is 857. The second-order valence-corrected chi connectivity index (χ2v) is 5.76. The first-order valence-electron chi connectivity index (χ1n) is 8.35. The highest BCUT2D eigenvalue weighted by Gasteiger charge is 2.09. The number of amides is 2. The Balaban J connectivity index is 1.82. The van der Waals surface area contributed by atoms with Gasteiger partial charge in [0.2, 0.25) is 0 Å². The first-order valence-corrected chi connectivity index (χ1v) is 8.72. The summed E-state index contributed by atoms with van der Waals surface area (Å²) in [6.07, 6.45) is 0.905. The number of methoxy groups -OCH3 is 1. The van der Waals surface area contributed by atoms with Gasteiger partial charge in [0.25, 0.3) is 11.8 Å². The van der Waals surface area contributed by atoms with Gasteiger partial charge < -0.3 is 24.9 Å². The molecule has 0 heterocycles. The molecule has 0 saturated heterocycles. The maximum absolute atomic E-state index is 11.9. The summed E-state index contributed by atoms with van der Waals surface area (Å²) >= 11 is 5.90. The molecule has 0 fully saturated rings. The number of nitrogens with zero attached hydrogens (tertiary/aromatic N) is 1. The summed E-state index contributed by atoms with van der Waals surface area (Å²) in [7, 11) is 1.47. The Morgan fingerprint density at radius 3 is 2.64 bits per heavy atom. The molecule has 28 heavy (non-hydrogen) atoms. The number of carbonyl (C=O) groups excluding carboxylic acids is 2. The molecular formula is C19H20ClN3O5. The number of halogens is 1. The van der Waals surface area contributed by atoms with Crippen molar-refractivity contribution < 1.29 is 23.9 Å². The zero-order valence-corrected chi connectivity index (χ0v) is 16.2. The van der Waals surface area contributed by atoms with Crippen LogP contribution in [0.25, 0.3) is 0 Å². The van der Waals surface area contributed by atoms with Crippen LogP contribution in [0, 0.1) is 0 Å². The Hall–Kier alpha value is -3.26. The van der Waals surface area contributed by atoms with Crippen molar-refractivity contribution in [1.82, 2.24) is 0 Å². The third-order valence-corrected chi connectivity index (χ3v) is 3.56. The normalized spacial score (nSPS) is 10.4. The van der Waals surface area contributed by atoms with Crippen molar-refractivity contribution in [2.45, 2.75) is 6.92 Å². The summed E-state index contributed by atoms with van der Waals surface area (Å²) in [6, 6.07) is 11.8. The lowest BCUT2D eigenvalue weighted by molar-refractivity contribution is -0.120. The Morgan fingerprint density at radius 2 is 1.89 bits per heavy atom. The number of ether oxygens (including phenoxy) is 2. The highest BCUT2D eigenvalue weighted by Crippen LogP contribution is 2.27. The lowest BCUT2D eigenvalue weighted by Gasteiger charge is -2.10. The van der Waals surface area contributed by atoms with Crippen molar-refractivity contribution in [3.63, 3.8) is 0 Å². The second-order valence-electron chi connectivity index (χ2n) is 5.32. The lowest BCUT2D eigenvalue weighted by Crippen LogP contribution is -2.18. The Kier molecular flexibility index (Phi) is 8.11. The standard InChI is InChI=1S/C19H20ClN3O5/c1-3-27-17-7-5-4-6-14(17)22-19(25)12-28-21-11-18(24)23-15-10-13(20)8-9-16(15)26-2/h4-11H,3,12H2,1-2H3,(H,22,25)(H,23,24)/b21-11-. The third kappa shape index (κ3) is 6.48. The van der Waals surface area contributed by atoms with Gasteiger partial charge in [0.05, 0.1) is 25.1 Å². The minimum atomic E-state index is -0.567. The van der Waals surface area contributed by atoms with E-state index >= 15 is 0 Å². The molecule has 0 unspecified atom stereocenters. The summed E-state index contributed by atoms with van der Waals surface area (Å²) in [4.78, 5) is 28.7. The molecule has 0 atom stereocenters. The number of benzene rings is 2. The highest BCUT2D eigenvalue weighted by atomic mass is 35.5. The van der Waals surface area contributed by atoms with Gasteiger partial charge in [-0.05, 0) is 37.3 Å². The number of para-hydroxylation sites is 2. The van der Waals surface area contributed by atoms with E-state index in [2.05, 4.69) is 15.8 Å². The summed E-state index contributed by atoms with van der Waals surface area (Å²) in [5.41, 5.74) is 0.907. The van der Waals surface area contributed by atoms with Crippen molar-refractivity contribution in [3.8, 4) is 11.5 Å². The summed E-state index contributed by atoms with van der Waals surface area (Å²) in [5, 5.41) is 9.13. The largest absolute Gasteiger partial charge is 0.495 e. The maximum atomic E-state index is 11.9. The fraction of sp³-hybridized carbons (Fsp3) is 0.211. The molecule has 2 amide bonds. The minimum Gasteiger partial charge on any atom is -0.495 e. The lowest BCUT2D eigenvalue weighted by atomic mass is 10.3. The molecule has 0 bridgehead atoms. The topological polar surface area (TPSA) is 98.3 Å². The molecule has 2 N–H and O–H groups in total. The van der Waals surface area contributed by atoms with Gasteiger partial charge in [-0.15, -0.1) is 0 Å². The van der Waals surface area contributed by atoms with E-state index in [1.807, 2.05) is 6.92 Å². The van der Waals surface area contributed by atoms with E-state index in [0.29, 0.717) is 34.5 Å². The molecule has 2 aromatic rings. The minimum absolute atomic E-state index is 0.370. The monoisotopic (exact) mass is 405 g/mol. The van der Waals surface area contributed by atoms with Crippen molar-refractivity contribution >= 4 is 41.0 Å². The van der Waals surface area contributed by atoms with Gasteiger partial charge in [0, 0.05) is 5.02 Å². The van der Waals surface area contributed by atoms with Gasteiger partial charge in [-0.3, -0.25) is 9.59 Å². The number of hydrogen-bond acceptors (Lipinski definition) is 6. The molecule has 8 nitrogen and oxygen atoms in total. The molecule has 0 spiro atoms. The van der Waals surface area contributed by atoms with Gasteiger partial charge in [0.1, 0.15) is 17.7 Å². The number of hydrogen-bond donors (Lipinski definition) is 2. The quantitative estimate of drug-likeness (QED) is 0.492.